The largest absolute Gasteiger partial charge is 0.493 e. The molecule has 6 nitrogen and oxygen atoms in total. The van der Waals surface area contributed by atoms with Crippen molar-refractivity contribution in [2.45, 2.75) is 32.1 Å². The van der Waals surface area contributed by atoms with Gasteiger partial charge in [0.15, 0.2) is 16.6 Å². The second-order valence-corrected chi connectivity index (χ2v) is 6.87. The number of anilines is 1. The van der Waals surface area contributed by atoms with E-state index < -0.39 is 0 Å². The standard InChI is InChI=1S/C18H22N2O4S/c1-22-13-10-9-11(15(23-2)16(13)24-3)17(21)20-18-19-12-7-5-4-6-8-14(12)25-18/h9-10H,4-8H2,1-3H3,(H,19,20,21). The Bertz CT molecular complexity index is 749. The third kappa shape index (κ3) is 3.56. The molecule has 134 valence electrons. The number of nitrogens with zero attached hydrogens (tertiary/aromatic N) is 1. The fourth-order valence-corrected chi connectivity index (χ4v) is 4.07. The van der Waals surface area contributed by atoms with E-state index >= 15 is 0 Å². The predicted octanol–water partition coefficient (Wildman–Crippen LogP) is 3.69. The highest BCUT2D eigenvalue weighted by Gasteiger charge is 2.22. The molecule has 1 aromatic heterocycles. The number of amides is 1. The molecule has 1 N–H and O–H groups in total. The minimum absolute atomic E-state index is 0.276. The minimum atomic E-state index is -0.276. The Morgan fingerprint density at radius 1 is 1.04 bits per heavy atom. The van der Waals surface area contributed by atoms with Crippen LogP contribution in [0.4, 0.5) is 5.13 Å². The Balaban J connectivity index is 1.86. The lowest BCUT2D eigenvalue weighted by atomic mass is 10.1. The molecule has 3 rings (SSSR count). The zero-order valence-electron chi connectivity index (χ0n) is 14.7. The number of thiazole rings is 1. The third-order valence-corrected chi connectivity index (χ3v) is 5.34. The van der Waals surface area contributed by atoms with Gasteiger partial charge in [-0.25, -0.2) is 4.98 Å². The van der Waals surface area contributed by atoms with Gasteiger partial charge in [0.1, 0.15) is 0 Å². The molecule has 0 atom stereocenters. The average molecular weight is 362 g/mol. The van der Waals surface area contributed by atoms with E-state index in [1.807, 2.05) is 0 Å². The van der Waals surface area contributed by atoms with Crippen molar-refractivity contribution in [2.75, 3.05) is 26.6 Å². The van der Waals surface area contributed by atoms with Crippen LogP contribution in [-0.2, 0) is 12.8 Å². The zero-order valence-corrected chi connectivity index (χ0v) is 15.5. The summed E-state index contributed by atoms with van der Waals surface area (Å²) in [6, 6.07) is 3.35. The fraction of sp³-hybridized carbons (Fsp3) is 0.444. The summed E-state index contributed by atoms with van der Waals surface area (Å²) in [6.07, 6.45) is 5.62. The summed E-state index contributed by atoms with van der Waals surface area (Å²) < 4.78 is 16.0. The van der Waals surface area contributed by atoms with Crippen LogP contribution in [0.3, 0.4) is 0 Å². The fourth-order valence-electron chi connectivity index (χ4n) is 3.03. The van der Waals surface area contributed by atoms with Crippen LogP contribution in [0.5, 0.6) is 17.2 Å². The Kier molecular flexibility index (Phi) is 5.43. The highest BCUT2D eigenvalue weighted by atomic mass is 32.1. The summed E-state index contributed by atoms with van der Waals surface area (Å²) in [5.41, 5.74) is 1.50. The van der Waals surface area contributed by atoms with Crippen molar-refractivity contribution < 1.29 is 19.0 Å². The van der Waals surface area contributed by atoms with E-state index in [4.69, 9.17) is 14.2 Å². The van der Waals surface area contributed by atoms with Gasteiger partial charge in [-0.1, -0.05) is 6.42 Å². The van der Waals surface area contributed by atoms with E-state index in [2.05, 4.69) is 10.3 Å². The molecular weight excluding hydrogens is 340 g/mol. The van der Waals surface area contributed by atoms with Gasteiger partial charge >= 0.3 is 0 Å². The van der Waals surface area contributed by atoms with Gasteiger partial charge in [0.05, 0.1) is 32.6 Å². The Morgan fingerprint density at radius 3 is 2.52 bits per heavy atom. The number of hydrogen-bond donors (Lipinski definition) is 1. The van der Waals surface area contributed by atoms with Crippen LogP contribution in [0, 0.1) is 0 Å². The molecule has 0 aliphatic heterocycles. The predicted molar refractivity (Wildman–Crippen MR) is 97.4 cm³/mol. The molecule has 1 amide bonds. The minimum Gasteiger partial charge on any atom is -0.493 e. The summed E-state index contributed by atoms with van der Waals surface area (Å²) >= 11 is 1.56. The summed E-state index contributed by atoms with van der Waals surface area (Å²) in [5, 5.41) is 3.52. The van der Waals surface area contributed by atoms with E-state index in [1.54, 1.807) is 30.6 Å². The van der Waals surface area contributed by atoms with Crippen LogP contribution in [0.25, 0.3) is 0 Å². The first kappa shape index (κ1) is 17.5. The van der Waals surface area contributed by atoms with Gasteiger partial charge < -0.3 is 14.2 Å². The molecule has 0 unspecified atom stereocenters. The summed E-state index contributed by atoms with van der Waals surface area (Å²) in [5.74, 6) is 0.976. The lowest BCUT2D eigenvalue weighted by Gasteiger charge is -2.15. The number of aromatic nitrogens is 1. The Morgan fingerprint density at radius 2 is 1.80 bits per heavy atom. The van der Waals surface area contributed by atoms with E-state index in [0.29, 0.717) is 27.9 Å². The molecule has 0 saturated carbocycles. The zero-order chi connectivity index (χ0) is 17.8. The van der Waals surface area contributed by atoms with Crippen LogP contribution in [0.1, 0.15) is 40.2 Å². The molecule has 0 radical (unpaired) electrons. The number of benzene rings is 1. The Labute approximate surface area is 151 Å². The van der Waals surface area contributed by atoms with Crippen molar-refractivity contribution >= 4 is 22.4 Å². The topological polar surface area (TPSA) is 69.7 Å². The van der Waals surface area contributed by atoms with Crippen LogP contribution < -0.4 is 19.5 Å². The average Bonchev–Trinajstić information content (AvgIpc) is 2.88. The molecule has 0 saturated heterocycles. The second-order valence-electron chi connectivity index (χ2n) is 5.79. The van der Waals surface area contributed by atoms with E-state index in [1.165, 1.54) is 31.9 Å². The number of methoxy groups -OCH3 is 3. The summed E-state index contributed by atoms with van der Waals surface area (Å²) in [6.45, 7) is 0. The number of carbonyl (C=O) groups excluding carboxylic acids is 1. The number of nitrogens with one attached hydrogen (secondary N) is 1. The first-order valence-electron chi connectivity index (χ1n) is 8.26. The monoisotopic (exact) mass is 362 g/mol. The molecule has 2 aromatic rings. The molecule has 7 heteroatoms. The molecule has 25 heavy (non-hydrogen) atoms. The third-order valence-electron chi connectivity index (χ3n) is 4.26. The lowest BCUT2D eigenvalue weighted by molar-refractivity contribution is 0.102. The molecule has 1 heterocycles. The normalized spacial score (nSPS) is 13.6. The molecule has 1 aliphatic carbocycles. The maximum Gasteiger partial charge on any atom is 0.261 e. The van der Waals surface area contributed by atoms with Crippen molar-refractivity contribution in [1.82, 2.24) is 4.98 Å². The first-order chi connectivity index (χ1) is 12.2. The highest BCUT2D eigenvalue weighted by molar-refractivity contribution is 7.15. The van der Waals surface area contributed by atoms with Crippen LogP contribution in [0.2, 0.25) is 0 Å². The lowest BCUT2D eigenvalue weighted by Crippen LogP contribution is -2.14. The Hall–Kier alpha value is -2.28. The molecule has 0 fully saturated rings. The number of carbonyl (C=O) groups is 1. The van der Waals surface area contributed by atoms with Crippen molar-refractivity contribution in [3.05, 3.63) is 28.3 Å². The number of ether oxygens (including phenoxy) is 3. The maximum atomic E-state index is 12.7. The van der Waals surface area contributed by atoms with Crippen LogP contribution in [-0.4, -0.2) is 32.2 Å². The van der Waals surface area contributed by atoms with Crippen LogP contribution >= 0.6 is 11.3 Å². The summed E-state index contributed by atoms with van der Waals surface area (Å²) in [4.78, 5) is 18.6. The maximum absolute atomic E-state index is 12.7. The van der Waals surface area contributed by atoms with Crippen molar-refractivity contribution in [2.24, 2.45) is 0 Å². The quantitative estimate of drug-likeness (QED) is 0.822. The molecule has 0 bridgehead atoms. The van der Waals surface area contributed by atoms with Gasteiger partial charge in [-0.2, -0.15) is 0 Å². The molecule has 1 aromatic carbocycles. The van der Waals surface area contributed by atoms with Gasteiger partial charge in [-0.3, -0.25) is 10.1 Å². The van der Waals surface area contributed by atoms with E-state index in [0.717, 1.165) is 25.0 Å². The SMILES string of the molecule is COc1ccc(C(=O)Nc2nc3c(s2)CCCCC3)c(OC)c1OC. The first-order valence-corrected chi connectivity index (χ1v) is 9.08. The second kappa shape index (κ2) is 7.74. The van der Waals surface area contributed by atoms with E-state index in [-0.39, 0.29) is 5.91 Å². The van der Waals surface area contributed by atoms with Gasteiger partial charge in [0.2, 0.25) is 5.75 Å². The van der Waals surface area contributed by atoms with E-state index in [9.17, 15) is 4.79 Å². The van der Waals surface area contributed by atoms with Crippen molar-refractivity contribution in [3.63, 3.8) is 0 Å². The highest BCUT2D eigenvalue weighted by Crippen LogP contribution is 2.40. The smallest absolute Gasteiger partial charge is 0.261 e. The van der Waals surface area contributed by atoms with Crippen molar-refractivity contribution in [3.8, 4) is 17.2 Å². The van der Waals surface area contributed by atoms with Gasteiger partial charge in [-0.05, 0) is 37.8 Å². The molecular formula is C18H22N2O4S. The number of hydrogen-bond acceptors (Lipinski definition) is 6. The molecule has 0 spiro atoms. The van der Waals surface area contributed by atoms with Gasteiger partial charge in [0, 0.05) is 4.88 Å². The van der Waals surface area contributed by atoms with Gasteiger partial charge in [0.25, 0.3) is 5.91 Å². The van der Waals surface area contributed by atoms with Crippen LogP contribution in [0.15, 0.2) is 12.1 Å². The number of fused-ring (bicyclic) bond motifs is 1. The molecule has 1 aliphatic rings. The summed E-state index contributed by atoms with van der Waals surface area (Å²) in [7, 11) is 4.55. The number of aryl methyl sites for hydroxylation is 2. The number of rotatable bonds is 5. The van der Waals surface area contributed by atoms with Gasteiger partial charge in [-0.15, -0.1) is 11.3 Å². The van der Waals surface area contributed by atoms with Crippen molar-refractivity contribution in [1.29, 1.82) is 0 Å².